The van der Waals surface area contributed by atoms with Crippen LogP contribution in [-0.2, 0) is 20.3 Å². The summed E-state index contributed by atoms with van der Waals surface area (Å²) in [5, 5.41) is 0.796. The monoisotopic (exact) mass is 598 g/mol. The van der Waals surface area contributed by atoms with E-state index in [2.05, 4.69) is 30.2 Å². The van der Waals surface area contributed by atoms with Gasteiger partial charge in [0.15, 0.2) is 5.76 Å². The van der Waals surface area contributed by atoms with Crippen LogP contribution in [-0.4, -0.2) is 17.4 Å². The number of nitrogens with zero attached hydrogens (tertiary/aromatic N) is 1. The van der Waals surface area contributed by atoms with Gasteiger partial charge in [-0.1, -0.05) is 30.3 Å². The second-order valence-corrected chi connectivity index (χ2v) is 13.4. The van der Waals surface area contributed by atoms with Crippen LogP contribution in [0.3, 0.4) is 0 Å². The molecule has 11 heteroatoms. The highest BCUT2D eigenvalue weighted by Gasteiger charge is 2.33. The fourth-order valence-electron chi connectivity index (χ4n) is 4.87. The van der Waals surface area contributed by atoms with Crippen molar-refractivity contribution in [3.05, 3.63) is 102 Å². The molecule has 0 aliphatic heterocycles. The van der Waals surface area contributed by atoms with E-state index in [9.17, 15) is 21.6 Å². The van der Waals surface area contributed by atoms with Gasteiger partial charge in [-0.3, -0.25) is 0 Å². The van der Waals surface area contributed by atoms with Crippen LogP contribution in [0.1, 0.15) is 18.1 Å². The molecular formula is C29H21F3N2O3S3. The van der Waals surface area contributed by atoms with E-state index in [4.69, 9.17) is 4.42 Å². The lowest BCUT2D eigenvalue weighted by Gasteiger charge is -2.19. The number of para-hydroxylation sites is 1. The fraction of sp³-hybridized carbons (Fsp3) is 0.103. The number of aromatic amines is 1. The number of benzene rings is 3. The Bertz CT molecular complexity index is 2000. The van der Waals surface area contributed by atoms with E-state index >= 15 is 0 Å². The number of H-pyrrole nitrogens is 1. The van der Waals surface area contributed by atoms with E-state index < -0.39 is 25.8 Å². The summed E-state index contributed by atoms with van der Waals surface area (Å²) in [7, 11) is -4.34. The van der Waals surface area contributed by atoms with Gasteiger partial charge >= 0.3 is 6.18 Å². The van der Waals surface area contributed by atoms with Crippen molar-refractivity contribution in [2.75, 3.05) is 0 Å². The first-order chi connectivity index (χ1) is 18.9. The summed E-state index contributed by atoms with van der Waals surface area (Å²) < 4.78 is 75.5. The zero-order valence-electron chi connectivity index (χ0n) is 20.8. The summed E-state index contributed by atoms with van der Waals surface area (Å²) in [6.07, 6.45) is -3.11. The summed E-state index contributed by atoms with van der Waals surface area (Å²) in [6, 6.07) is 21.4. The largest absolute Gasteiger partial charge is 0.463 e. The molecule has 0 saturated carbocycles. The summed E-state index contributed by atoms with van der Waals surface area (Å²) >= 11 is 8.92. The summed E-state index contributed by atoms with van der Waals surface area (Å²) in [4.78, 5) is 3.23. The molecule has 0 unspecified atom stereocenters. The molecule has 0 spiro atoms. The summed E-state index contributed by atoms with van der Waals surface area (Å²) in [5.41, 5.74) is 1.62. The number of fused-ring (bicyclic) bond motifs is 2. The molecule has 5 nitrogen and oxygen atoms in total. The Hall–Kier alpha value is -3.54. The van der Waals surface area contributed by atoms with Crippen LogP contribution in [0.25, 0.3) is 44.5 Å². The number of hydrogen-bond acceptors (Lipinski definition) is 5. The van der Waals surface area contributed by atoms with E-state index in [0.717, 1.165) is 16.1 Å². The number of furan rings is 1. The predicted octanol–water partition coefficient (Wildman–Crippen LogP) is 8.34. The predicted molar refractivity (Wildman–Crippen MR) is 156 cm³/mol. The fourth-order valence-corrected chi connectivity index (χ4v) is 6.71. The van der Waals surface area contributed by atoms with Gasteiger partial charge in [0.25, 0.3) is 10.0 Å². The average molecular weight is 599 g/mol. The Morgan fingerprint density at radius 1 is 0.875 bits per heavy atom. The first-order valence-electron chi connectivity index (χ1n) is 12.0. The molecule has 3 heterocycles. The van der Waals surface area contributed by atoms with Crippen molar-refractivity contribution in [1.82, 2.24) is 8.96 Å². The molecule has 0 bridgehead atoms. The molecule has 204 valence electrons. The Morgan fingerprint density at radius 3 is 2.35 bits per heavy atom. The molecular weight excluding hydrogens is 578 g/mol. The smallest absolute Gasteiger partial charge is 0.416 e. The normalized spacial score (nSPS) is 12.9. The number of nitrogens with one attached hydrogen (secondary N) is 1. The number of hydrogen-bond donors (Lipinski definition) is 3. The summed E-state index contributed by atoms with van der Waals surface area (Å²) in [5.74, 6) is 0.444. The van der Waals surface area contributed by atoms with Crippen LogP contribution >= 0.6 is 25.3 Å². The van der Waals surface area contributed by atoms with E-state index in [0.29, 0.717) is 33.5 Å². The maximum atomic E-state index is 14.4. The lowest BCUT2D eigenvalue weighted by Crippen LogP contribution is -2.15. The topological polar surface area (TPSA) is 68.0 Å². The molecule has 0 amide bonds. The SMILES string of the molecule is CC(S)(S)c1cccc(S(=O)(=O)n2c(-c3c(-c4ccco4)[nH]c4ccccc34)cc3cc(C(F)(F)F)ccc32)c1. The van der Waals surface area contributed by atoms with E-state index in [1.165, 1.54) is 30.5 Å². The Morgan fingerprint density at radius 2 is 1.65 bits per heavy atom. The lowest BCUT2D eigenvalue weighted by atomic mass is 10.1. The molecule has 0 fully saturated rings. The Labute approximate surface area is 238 Å². The molecule has 0 saturated heterocycles. The molecule has 3 aromatic heterocycles. The van der Waals surface area contributed by atoms with Gasteiger partial charge in [0, 0.05) is 21.9 Å². The van der Waals surface area contributed by atoms with E-state index in [-0.39, 0.29) is 21.5 Å². The van der Waals surface area contributed by atoms with Crippen LogP contribution in [0.15, 0.2) is 101 Å². The first kappa shape index (κ1) is 26.7. The van der Waals surface area contributed by atoms with Gasteiger partial charge in [0.2, 0.25) is 0 Å². The zero-order chi connectivity index (χ0) is 28.4. The third kappa shape index (κ3) is 4.42. The standard InChI is InChI=1S/C29H21F3N2O3S3/c1-28(38,39)18-6-4-7-20(16-18)40(35,36)34-23-12-11-19(29(30,31)32)14-17(23)15-24(34)26-21-8-2-3-9-22(21)33-27(26)25-10-5-13-37-25/h2-16,33,38-39H,1H3. The van der Waals surface area contributed by atoms with Crippen LogP contribution in [0, 0.1) is 0 Å². The second-order valence-electron chi connectivity index (χ2n) is 9.52. The molecule has 6 aromatic rings. The van der Waals surface area contributed by atoms with Gasteiger partial charge in [-0.25, -0.2) is 12.4 Å². The van der Waals surface area contributed by atoms with Gasteiger partial charge in [-0.15, -0.1) is 0 Å². The minimum absolute atomic E-state index is 0.0580. The van der Waals surface area contributed by atoms with Gasteiger partial charge in [0.05, 0.1) is 37.7 Å². The quantitative estimate of drug-likeness (QED) is 0.138. The second kappa shape index (κ2) is 9.25. The third-order valence-corrected chi connectivity index (χ3v) is 8.97. The van der Waals surface area contributed by atoms with Crippen molar-refractivity contribution in [2.45, 2.75) is 22.1 Å². The molecule has 3 aromatic carbocycles. The summed E-state index contributed by atoms with van der Waals surface area (Å²) in [6.45, 7) is 1.71. The number of rotatable bonds is 5. The molecule has 0 radical (unpaired) electrons. The molecule has 0 atom stereocenters. The molecule has 0 aliphatic rings. The maximum Gasteiger partial charge on any atom is 0.416 e. The van der Waals surface area contributed by atoms with Crippen molar-refractivity contribution in [2.24, 2.45) is 0 Å². The van der Waals surface area contributed by atoms with E-state index in [1.807, 2.05) is 18.2 Å². The average Bonchev–Trinajstić information content (AvgIpc) is 3.64. The van der Waals surface area contributed by atoms with Crippen molar-refractivity contribution >= 4 is 57.1 Å². The zero-order valence-corrected chi connectivity index (χ0v) is 23.4. The van der Waals surface area contributed by atoms with Crippen LogP contribution in [0.5, 0.6) is 0 Å². The highest BCUT2D eigenvalue weighted by atomic mass is 32.2. The van der Waals surface area contributed by atoms with E-state index in [1.54, 1.807) is 37.3 Å². The molecule has 6 rings (SSSR count). The number of halogens is 3. The molecule has 1 N–H and O–H groups in total. The number of alkyl halides is 3. The van der Waals surface area contributed by atoms with Gasteiger partial charge < -0.3 is 9.40 Å². The minimum atomic E-state index is -4.60. The minimum Gasteiger partial charge on any atom is -0.463 e. The van der Waals surface area contributed by atoms with Crippen molar-refractivity contribution in [3.63, 3.8) is 0 Å². The third-order valence-electron chi connectivity index (χ3n) is 6.73. The van der Waals surface area contributed by atoms with Crippen molar-refractivity contribution in [3.8, 4) is 22.7 Å². The highest BCUT2D eigenvalue weighted by molar-refractivity contribution is 7.99. The van der Waals surface area contributed by atoms with Crippen LogP contribution in [0.2, 0.25) is 0 Å². The van der Waals surface area contributed by atoms with Crippen LogP contribution < -0.4 is 0 Å². The van der Waals surface area contributed by atoms with Gasteiger partial charge in [-0.2, -0.15) is 38.4 Å². The van der Waals surface area contributed by atoms with Gasteiger partial charge in [-0.05, 0) is 67.1 Å². The Balaban J connectivity index is 1.72. The van der Waals surface area contributed by atoms with Crippen molar-refractivity contribution in [1.29, 1.82) is 0 Å². The number of thiol groups is 2. The lowest BCUT2D eigenvalue weighted by molar-refractivity contribution is -0.137. The number of aromatic nitrogens is 2. The van der Waals surface area contributed by atoms with Crippen molar-refractivity contribution < 1.29 is 26.0 Å². The van der Waals surface area contributed by atoms with Gasteiger partial charge in [0.1, 0.15) is 0 Å². The Kier molecular flexibility index (Phi) is 6.17. The maximum absolute atomic E-state index is 14.4. The van der Waals surface area contributed by atoms with Crippen LogP contribution in [0.4, 0.5) is 13.2 Å². The highest BCUT2D eigenvalue weighted by Crippen LogP contribution is 2.43. The molecule has 40 heavy (non-hydrogen) atoms. The first-order valence-corrected chi connectivity index (χ1v) is 14.4. The molecule has 0 aliphatic carbocycles.